The summed E-state index contributed by atoms with van der Waals surface area (Å²) in [4.78, 5) is 20.5. The third-order valence-corrected chi connectivity index (χ3v) is 6.53. The van der Waals surface area contributed by atoms with E-state index in [9.17, 15) is 13.2 Å². The van der Waals surface area contributed by atoms with E-state index in [1.54, 1.807) is 7.05 Å². The highest BCUT2D eigenvalue weighted by molar-refractivity contribution is 7.88. The molecule has 0 saturated carbocycles. The molecule has 9 heteroatoms. The molecule has 1 aromatic rings. The molecule has 0 bridgehead atoms. The maximum atomic E-state index is 12.0. The molecule has 0 aromatic heterocycles. The summed E-state index contributed by atoms with van der Waals surface area (Å²) in [6.07, 6.45) is 3.70. The van der Waals surface area contributed by atoms with Gasteiger partial charge in [0.25, 0.3) is 0 Å². The van der Waals surface area contributed by atoms with Crippen LogP contribution < -0.4 is 14.9 Å². The zero-order valence-corrected chi connectivity index (χ0v) is 19.1. The fourth-order valence-corrected chi connectivity index (χ4v) is 5.40. The fourth-order valence-electron chi connectivity index (χ4n) is 4.33. The summed E-state index contributed by atoms with van der Waals surface area (Å²) in [6.45, 7) is 6.50. The molecule has 1 aromatic carbocycles. The first-order valence-corrected chi connectivity index (χ1v) is 12.3. The van der Waals surface area contributed by atoms with Crippen molar-refractivity contribution < 1.29 is 13.2 Å². The minimum absolute atomic E-state index is 0.260. The van der Waals surface area contributed by atoms with E-state index in [1.165, 1.54) is 5.56 Å². The van der Waals surface area contributed by atoms with Crippen molar-refractivity contribution in [3.8, 4) is 0 Å². The number of rotatable bonds is 7. The van der Waals surface area contributed by atoms with Gasteiger partial charge in [-0.05, 0) is 38.3 Å². The Morgan fingerprint density at radius 1 is 1.30 bits per heavy atom. The van der Waals surface area contributed by atoms with Crippen molar-refractivity contribution in [3.63, 3.8) is 0 Å². The second-order valence-electron chi connectivity index (χ2n) is 8.80. The van der Waals surface area contributed by atoms with E-state index in [2.05, 4.69) is 32.1 Å². The van der Waals surface area contributed by atoms with Gasteiger partial charge >= 0.3 is 0 Å². The molecule has 2 heterocycles. The van der Waals surface area contributed by atoms with Gasteiger partial charge in [0.15, 0.2) is 5.96 Å². The standard InChI is InChI=1S/C21H33N5O3S/c1-21(2,24-30(4,28)29)15-23-20(22-3)26-14-16(17-8-5-6-9-18(17)26)11-13-25-12-7-10-19(25)27/h5-6,8-9,16,24H,7,10-15H2,1-4H3,(H,22,23). The van der Waals surface area contributed by atoms with Gasteiger partial charge < -0.3 is 15.1 Å². The van der Waals surface area contributed by atoms with Gasteiger partial charge in [-0.2, -0.15) is 0 Å². The highest BCUT2D eigenvalue weighted by atomic mass is 32.2. The average molecular weight is 436 g/mol. The van der Waals surface area contributed by atoms with E-state index in [0.717, 1.165) is 44.4 Å². The van der Waals surface area contributed by atoms with E-state index >= 15 is 0 Å². The second-order valence-corrected chi connectivity index (χ2v) is 10.5. The first-order chi connectivity index (χ1) is 14.1. The van der Waals surface area contributed by atoms with Gasteiger partial charge in [-0.15, -0.1) is 0 Å². The number of amides is 1. The van der Waals surface area contributed by atoms with Crippen LogP contribution >= 0.6 is 0 Å². The highest BCUT2D eigenvalue weighted by Gasteiger charge is 2.33. The Balaban J connectivity index is 1.69. The Hall–Kier alpha value is -2.13. The molecule has 2 aliphatic rings. The average Bonchev–Trinajstić information content (AvgIpc) is 3.22. The minimum Gasteiger partial charge on any atom is -0.354 e. The fraction of sp³-hybridized carbons (Fsp3) is 0.619. The predicted molar refractivity (Wildman–Crippen MR) is 120 cm³/mol. The third-order valence-electron chi connectivity index (χ3n) is 5.61. The number of hydrogen-bond acceptors (Lipinski definition) is 4. The van der Waals surface area contributed by atoms with E-state index in [4.69, 9.17) is 0 Å². The Kier molecular flexibility index (Phi) is 6.71. The summed E-state index contributed by atoms with van der Waals surface area (Å²) in [5, 5.41) is 3.32. The SMILES string of the molecule is CN=C(NCC(C)(C)NS(C)(=O)=O)N1CC(CCN2CCCC2=O)c2ccccc21. The number of fused-ring (bicyclic) bond motifs is 1. The molecule has 2 aliphatic heterocycles. The van der Waals surface area contributed by atoms with Gasteiger partial charge in [-0.1, -0.05) is 18.2 Å². The number of benzene rings is 1. The zero-order valence-electron chi connectivity index (χ0n) is 18.3. The number of para-hydroxylation sites is 1. The Morgan fingerprint density at radius 3 is 2.67 bits per heavy atom. The van der Waals surface area contributed by atoms with Gasteiger partial charge in [-0.25, -0.2) is 13.1 Å². The summed E-state index contributed by atoms with van der Waals surface area (Å²) in [5.74, 6) is 1.29. The van der Waals surface area contributed by atoms with Crippen molar-refractivity contribution in [1.82, 2.24) is 14.9 Å². The van der Waals surface area contributed by atoms with Crippen LogP contribution in [0.25, 0.3) is 0 Å². The third kappa shape index (κ3) is 5.51. The summed E-state index contributed by atoms with van der Waals surface area (Å²) in [5.41, 5.74) is 1.72. The van der Waals surface area contributed by atoms with Gasteiger partial charge in [0, 0.05) is 56.8 Å². The number of carbonyl (C=O) groups is 1. The van der Waals surface area contributed by atoms with Crippen molar-refractivity contribution >= 4 is 27.6 Å². The molecule has 2 N–H and O–H groups in total. The van der Waals surface area contributed by atoms with E-state index < -0.39 is 15.6 Å². The van der Waals surface area contributed by atoms with Crippen LogP contribution in [0.1, 0.15) is 44.6 Å². The number of nitrogens with one attached hydrogen (secondary N) is 2. The molecule has 1 amide bonds. The summed E-state index contributed by atoms with van der Waals surface area (Å²) >= 11 is 0. The minimum atomic E-state index is -3.31. The van der Waals surface area contributed by atoms with Crippen molar-refractivity contribution in [2.75, 3.05) is 44.4 Å². The molecule has 3 rings (SSSR count). The number of aliphatic imine (C=N–C) groups is 1. The molecular weight excluding hydrogens is 402 g/mol. The van der Waals surface area contributed by atoms with Gasteiger partial charge in [0.1, 0.15) is 0 Å². The number of guanidine groups is 1. The number of carbonyl (C=O) groups excluding carboxylic acids is 1. The van der Waals surface area contributed by atoms with E-state index in [-0.39, 0.29) is 5.91 Å². The van der Waals surface area contributed by atoms with Gasteiger partial charge in [0.2, 0.25) is 15.9 Å². The lowest BCUT2D eigenvalue weighted by atomic mass is 9.98. The Bertz CT molecular complexity index is 913. The molecule has 30 heavy (non-hydrogen) atoms. The molecule has 166 valence electrons. The second kappa shape index (κ2) is 8.93. The summed E-state index contributed by atoms with van der Waals surface area (Å²) in [7, 11) is -1.57. The van der Waals surface area contributed by atoms with Gasteiger partial charge in [0.05, 0.1) is 6.26 Å². The Morgan fingerprint density at radius 2 is 2.03 bits per heavy atom. The zero-order chi connectivity index (χ0) is 21.9. The van der Waals surface area contributed by atoms with Crippen molar-refractivity contribution in [2.24, 2.45) is 4.99 Å². The number of likely N-dealkylation sites (tertiary alicyclic amines) is 1. The normalized spacial score (nSPS) is 20.1. The monoisotopic (exact) mass is 435 g/mol. The Labute approximate surface area is 179 Å². The number of anilines is 1. The van der Waals surface area contributed by atoms with Crippen molar-refractivity contribution in [1.29, 1.82) is 0 Å². The lowest BCUT2D eigenvalue weighted by molar-refractivity contribution is -0.127. The smallest absolute Gasteiger partial charge is 0.222 e. The summed E-state index contributed by atoms with van der Waals surface area (Å²) in [6, 6.07) is 8.30. The van der Waals surface area contributed by atoms with E-state index in [0.29, 0.717) is 24.8 Å². The van der Waals surface area contributed by atoms with Crippen LogP contribution in [0.4, 0.5) is 5.69 Å². The predicted octanol–water partition coefficient (Wildman–Crippen LogP) is 1.51. The first kappa shape index (κ1) is 22.6. The highest BCUT2D eigenvalue weighted by Crippen LogP contribution is 2.38. The van der Waals surface area contributed by atoms with Crippen LogP contribution in [0.5, 0.6) is 0 Å². The molecule has 0 radical (unpaired) electrons. The molecule has 8 nitrogen and oxygen atoms in total. The molecule has 0 spiro atoms. The van der Waals surface area contributed by atoms with Crippen LogP contribution in [0.2, 0.25) is 0 Å². The van der Waals surface area contributed by atoms with Crippen molar-refractivity contribution in [2.45, 2.75) is 44.6 Å². The number of nitrogens with zero attached hydrogens (tertiary/aromatic N) is 3. The lowest BCUT2D eigenvalue weighted by Crippen LogP contribution is -2.53. The first-order valence-electron chi connectivity index (χ1n) is 10.4. The lowest BCUT2D eigenvalue weighted by Gasteiger charge is -2.29. The summed E-state index contributed by atoms with van der Waals surface area (Å²) < 4.78 is 25.9. The molecule has 1 unspecified atom stereocenters. The molecule has 1 fully saturated rings. The topological polar surface area (TPSA) is 94.1 Å². The van der Waals surface area contributed by atoms with Crippen LogP contribution in [0, 0.1) is 0 Å². The van der Waals surface area contributed by atoms with Crippen LogP contribution in [-0.2, 0) is 14.8 Å². The number of sulfonamides is 1. The van der Waals surface area contributed by atoms with Crippen LogP contribution in [0.3, 0.4) is 0 Å². The van der Waals surface area contributed by atoms with Crippen LogP contribution in [-0.4, -0.2) is 70.2 Å². The van der Waals surface area contributed by atoms with Crippen molar-refractivity contribution in [3.05, 3.63) is 29.8 Å². The largest absolute Gasteiger partial charge is 0.354 e. The molecular formula is C21H33N5O3S. The van der Waals surface area contributed by atoms with Crippen LogP contribution in [0.15, 0.2) is 29.3 Å². The van der Waals surface area contributed by atoms with Gasteiger partial charge in [-0.3, -0.25) is 9.79 Å². The van der Waals surface area contributed by atoms with E-state index in [1.807, 2.05) is 30.9 Å². The molecule has 1 atom stereocenters. The molecule has 1 saturated heterocycles. The number of hydrogen-bond donors (Lipinski definition) is 2. The molecule has 0 aliphatic carbocycles. The maximum Gasteiger partial charge on any atom is 0.222 e. The quantitative estimate of drug-likeness (QED) is 0.500. The maximum absolute atomic E-state index is 12.0.